The van der Waals surface area contributed by atoms with Gasteiger partial charge < -0.3 is 4.65 Å². The molecule has 64 valence electrons. The Morgan fingerprint density at radius 2 is 2.33 bits per heavy atom. The second-order valence-corrected chi connectivity index (χ2v) is 2.53. The van der Waals surface area contributed by atoms with Crippen molar-refractivity contribution in [3.63, 3.8) is 0 Å². The third-order valence-corrected chi connectivity index (χ3v) is 1.35. The number of carbonyl (C=O) groups excluding carboxylic acids is 1. The van der Waals surface area contributed by atoms with Crippen LogP contribution in [0.2, 0.25) is 0 Å². The van der Waals surface area contributed by atoms with Gasteiger partial charge in [-0.15, -0.1) is 5.10 Å². The Bertz CT molecular complexity index is 285. The molecule has 0 aliphatic heterocycles. The maximum Gasteiger partial charge on any atom is 0.360 e. The highest BCUT2D eigenvalue weighted by Gasteiger charge is 2.16. The van der Waals surface area contributed by atoms with Crippen LogP contribution in [0.1, 0.15) is 30.5 Å². The molecule has 12 heavy (non-hydrogen) atoms. The maximum absolute atomic E-state index is 11.0. The molecule has 0 N–H and O–H groups in total. The van der Waals surface area contributed by atoms with Crippen molar-refractivity contribution < 1.29 is 9.45 Å². The average Bonchev–Trinajstić information content (AvgIpc) is 2.50. The van der Waals surface area contributed by atoms with Crippen molar-refractivity contribution in [1.82, 2.24) is 20.2 Å². The third kappa shape index (κ3) is 1.44. The molecule has 0 radical (unpaired) electrons. The van der Waals surface area contributed by atoms with Crippen molar-refractivity contribution in [2.75, 3.05) is 0 Å². The number of aromatic nitrogens is 4. The maximum atomic E-state index is 11.0. The summed E-state index contributed by atoms with van der Waals surface area (Å²) in [7, 11) is 1.29. The molecule has 1 aromatic heterocycles. The summed E-state index contributed by atoms with van der Waals surface area (Å²) in [6.45, 7) is 3.76. The summed E-state index contributed by atoms with van der Waals surface area (Å²) < 4.78 is 5.89. The molecule has 0 aromatic carbocycles. The molecule has 0 atom stereocenters. The highest BCUT2D eigenvalue weighted by molar-refractivity contribution is 6.08. The molecule has 7 heteroatoms. The van der Waals surface area contributed by atoms with E-state index in [-0.39, 0.29) is 11.9 Å². The van der Waals surface area contributed by atoms with E-state index in [1.54, 1.807) is 0 Å². The number of tetrazole rings is 1. The van der Waals surface area contributed by atoms with Crippen molar-refractivity contribution in [1.29, 1.82) is 0 Å². The first-order chi connectivity index (χ1) is 5.66. The second-order valence-electron chi connectivity index (χ2n) is 2.53. The van der Waals surface area contributed by atoms with Gasteiger partial charge in [-0.05, 0) is 24.3 Å². The number of hydrogen-bond donors (Lipinski definition) is 0. The SMILES string of the molecule is BOC(=O)c1nnnn1C(C)C. The van der Waals surface area contributed by atoms with Crippen LogP contribution in [0.3, 0.4) is 0 Å². The van der Waals surface area contributed by atoms with Gasteiger partial charge in [0.25, 0.3) is 5.82 Å². The smallest absolute Gasteiger partial charge is 0.360 e. The summed E-state index contributed by atoms with van der Waals surface area (Å²) in [6.07, 6.45) is 0. The lowest BCUT2D eigenvalue weighted by Gasteiger charge is -2.05. The van der Waals surface area contributed by atoms with Gasteiger partial charge in [-0.1, -0.05) is 0 Å². The van der Waals surface area contributed by atoms with E-state index >= 15 is 0 Å². The fraction of sp³-hybridized carbons (Fsp3) is 0.600. The van der Waals surface area contributed by atoms with Gasteiger partial charge >= 0.3 is 14.0 Å². The van der Waals surface area contributed by atoms with E-state index in [0.29, 0.717) is 0 Å². The quantitative estimate of drug-likeness (QED) is 0.527. The van der Waals surface area contributed by atoms with Crippen molar-refractivity contribution in [2.24, 2.45) is 0 Å². The fourth-order valence-corrected chi connectivity index (χ4v) is 0.767. The Balaban J connectivity index is 2.99. The molecule has 0 saturated carbocycles. The Labute approximate surface area is 70.3 Å². The van der Waals surface area contributed by atoms with E-state index in [1.165, 1.54) is 12.7 Å². The van der Waals surface area contributed by atoms with E-state index in [2.05, 4.69) is 20.2 Å². The summed E-state index contributed by atoms with van der Waals surface area (Å²) in [5, 5.41) is 10.5. The Morgan fingerprint density at radius 1 is 1.67 bits per heavy atom. The van der Waals surface area contributed by atoms with Crippen LogP contribution < -0.4 is 0 Å². The normalized spacial score (nSPS) is 10.2. The summed E-state index contributed by atoms with van der Waals surface area (Å²) in [5.41, 5.74) is 0. The van der Waals surface area contributed by atoms with Gasteiger partial charge in [0, 0.05) is 0 Å². The van der Waals surface area contributed by atoms with Crippen LogP contribution in [0.15, 0.2) is 0 Å². The Kier molecular flexibility index (Phi) is 2.42. The lowest BCUT2D eigenvalue weighted by molar-refractivity contribution is 0.0727. The van der Waals surface area contributed by atoms with Crippen molar-refractivity contribution in [3.8, 4) is 0 Å². The van der Waals surface area contributed by atoms with Gasteiger partial charge in [0.1, 0.15) is 0 Å². The molecule has 6 nitrogen and oxygen atoms in total. The van der Waals surface area contributed by atoms with E-state index in [9.17, 15) is 4.79 Å². The predicted octanol–water partition coefficient (Wildman–Crippen LogP) is -1.04. The molecular formula is C5H9BN4O2. The molecule has 0 bridgehead atoms. The summed E-state index contributed by atoms with van der Waals surface area (Å²) >= 11 is 0. The van der Waals surface area contributed by atoms with Crippen LogP contribution in [-0.2, 0) is 4.65 Å². The molecule has 1 heterocycles. The molecule has 0 aliphatic carbocycles. The number of carbonyl (C=O) groups is 1. The highest BCUT2D eigenvalue weighted by atomic mass is 16.5. The molecule has 0 amide bonds. The summed E-state index contributed by atoms with van der Waals surface area (Å²) in [6, 6.07) is 0.0501. The van der Waals surface area contributed by atoms with Crippen molar-refractivity contribution in [2.45, 2.75) is 19.9 Å². The summed E-state index contributed by atoms with van der Waals surface area (Å²) in [5.74, 6) is -0.388. The Morgan fingerprint density at radius 3 is 2.83 bits per heavy atom. The second kappa shape index (κ2) is 3.33. The van der Waals surface area contributed by atoms with E-state index in [1.807, 2.05) is 13.8 Å². The van der Waals surface area contributed by atoms with Gasteiger partial charge in [0.2, 0.25) is 0 Å². The van der Waals surface area contributed by atoms with Crippen LogP contribution in [0, 0.1) is 0 Å². The zero-order valence-electron chi connectivity index (χ0n) is 7.18. The molecule has 0 spiro atoms. The van der Waals surface area contributed by atoms with Gasteiger partial charge in [-0.25, -0.2) is 9.48 Å². The lowest BCUT2D eigenvalue weighted by atomic mass is 10.4. The minimum atomic E-state index is -0.520. The van der Waals surface area contributed by atoms with Gasteiger partial charge in [0.05, 0.1) is 6.04 Å². The molecule has 0 fully saturated rings. The van der Waals surface area contributed by atoms with Crippen LogP contribution >= 0.6 is 0 Å². The number of rotatable bonds is 2. The minimum absolute atomic E-state index is 0.0501. The van der Waals surface area contributed by atoms with Crippen molar-refractivity contribution in [3.05, 3.63) is 5.82 Å². The Hall–Kier alpha value is -1.40. The van der Waals surface area contributed by atoms with Crippen LogP contribution in [0.25, 0.3) is 0 Å². The molecule has 1 rings (SSSR count). The highest BCUT2D eigenvalue weighted by Crippen LogP contribution is 2.04. The lowest BCUT2D eigenvalue weighted by Crippen LogP contribution is -2.15. The number of hydrogen-bond acceptors (Lipinski definition) is 5. The van der Waals surface area contributed by atoms with Crippen LogP contribution in [-0.4, -0.2) is 34.2 Å². The van der Waals surface area contributed by atoms with Crippen LogP contribution in [0.4, 0.5) is 0 Å². The van der Waals surface area contributed by atoms with E-state index in [4.69, 9.17) is 0 Å². The van der Waals surface area contributed by atoms with Gasteiger partial charge in [0.15, 0.2) is 0 Å². The summed E-state index contributed by atoms with van der Waals surface area (Å²) in [4.78, 5) is 11.0. The zero-order chi connectivity index (χ0) is 9.14. The van der Waals surface area contributed by atoms with E-state index in [0.717, 1.165) is 0 Å². The molecular weight excluding hydrogens is 159 g/mol. The average molecular weight is 168 g/mol. The predicted molar refractivity (Wildman–Crippen MR) is 42.2 cm³/mol. The zero-order valence-corrected chi connectivity index (χ0v) is 7.18. The molecule has 0 saturated heterocycles. The monoisotopic (exact) mass is 168 g/mol. The third-order valence-electron chi connectivity index (χ3n) is 1.35. The topological polar surface area (TPSA) is 69.9 Å². The van der Waals surface area contributed by atoms with Gasteiger partial charge in [-0.3, -0.25) is 0 Å². The van der Waals surface area contributed by atoms with E-state index < -0.39 is 5.97 Å². The largest absolute Gasteiger partial charge is 0.538 e. The van der Waals surface area contributed by atoms with Gasteiger partial charge in [-0.2, -0.15) is 0 Å². The minimum Gasteiger partial charge on any atom is -0.538 e. The standard InChI is InChI=1S/C5H9BN4O2/c1-3(2)10-4(5(11)12-6)7-8-9-10/h3H,6H2,1-2H3. The first-order valence-corrected chi connectivity index (χ1v) is 3.53. The molecule has 1 aromatic rings. The molecule has 0 unspecified atom stereocenters. The molecule has 0 aliphatic rings. The first kappa shape index (κ1) is 8.70. The first-order valence-electron chi connectivity index (χ1n) is 3.53. The fourth-order valence-electron chi connectivity index (χ4n) is 0.767. The van der Waals surface area contributed by atoms with Crippen LogP contribution in [0.5, 0.6) is 0 Å². The van der Waals surface area contributed by atoms with Crippen molar-refractivity contribution >= 4 is 14.0 Å². The number of nitrogens with zero attached hydrogens (tertiary/aromatic N) is 4.